The molecule has 4 aromatic carbocycles. The zero-order valence-electron chi connectivity index (χ0n) is 25.3. The monoisotopic (exact) mass is 527 g/mol. The molecule has 0 N–H and O–H groups in total. The highest BCUT2D eigenvalue weighted by molar-refractivity contribution is 6.00. The van der Waals surface area contributed by atoms with E-state index in [1.807, 2.05) is 4.90 Å². The van der Waals surface area contributed by atoms with Gasteiger partial charge in [-0.25, -0.2) is 0 Å². The summed E-state index contributed by atoms with van der Waals surface area (Å²) in [5.74, 6) is 0.201. The number of carbonyl (C=O) groups excluding carboxylic acids is 1. The molecular formula is C38H41NO. The normalized spacial score (nSPS) is 16.0. The first-order valence-electron chi connectivity index (χ1n) is 14.6. The van der Waals surface area contributed by atoms with Crippen molar-refractivity contribution < 1.29 is 4.79 Å². The lowest BCUT2D eigenvalue weighted by Gasteiger charge is -2.32. The molecule has 0 aromatic heterocycles. The van der Waals surface area contributed by atoms with Gasteiger partial charge in [-0.15, -0.1) is 0 Å². The molecule has 0 radical (unpaired) electrons. The lowest BCUT2D eigenvalue weighted by Crippen LogP contribution is -2.43. The van der Waals surface area contributed by atoms with Gasteiger partial charge in [0.05, 0.1) is 0 Å². The zero-order chi connectivity index (χ0) is 28.6. The summed E-state index contributed by atoms with van der Waals surface area (Å²) < 4.78 is 0. The molecule has 1 saturated heterocycles. The fourth-order valence-electron chi connectivity index (χ4n) is 6.23. The van der Waals surface area contributed by atoms with Crippen LogP contribution in [0.3, 0.4) is 0 Å². The first-order chi connectivity index (χ1) is 18.7. The van der Waals surface area contributed by atoms with Crippen molar-refractivity contribution in [1.82, 2.24) is 0 Å². The van der Waals surface area contributed by atoms with Crippen molar-refractivity contribution in [2.45, 2.75) is 78.1 Å². The van der Waals surface area contributed by atoms with Gasteiger partial charge in [-0.3, -0.25) is 4.79 Å². The molecule has 4 aromatic rings. The summed E-state index contributed by atoms with van der Waals surface area (Å²) in [5.41, 5.74) is 13.8. The van der Waals surface area contributed by atoms with Crippen molar-refractivity contribution in [3.63, 3.8) is 0 Å². The van der Waals surface area contributed by atoms with Gasteiger partial charge in [-0.2, -0.15) is 0 Å². The summed E-state index contributed by atoms with van der Waals surface area (Å²) in [6, 6.07) is 29.5. The van der Waals surface area contributed by atoms with Gasteiger partial charge in [0.2, 0.25) is 5.91 Å². The molecule has 0 saturated carbocycles. The Morgan fingerprint density at radius 2 is 1.20 bits per heavy atom. The van der Waals surface area contributed by atoms with E-state index in [1.165, 1.54) is 44.5 Å². The molecule has 0 atom stereocenters. The zero-order valence-corrected chi connectivity index (χ0v) is 25.3. The number of amides is 1. The van der Waals surface area contributed by atoms with E-state index in [4.69, 9.17) is 0 Å². The van der Waals surface area contributed by atoms with E-state index >= 15 is 0 Å². The Morgan fingerprint density at radius 1 is 0.625 bits per heavy atom. The molecule has 2 aliphatic rings. The van der Waals surface area contributed by atoms with Crippen LogP contribution in [0, 0.1) is 0 Å². The van der Waals surface area contributed by atoms with Gasteiger partial charge in [-0.1, -0.05) is 110 Å². The van der Waals surface area contributed by atoms with E-state index in [-0.39, 0.29) is 22.2 Å². The third kappa shape index (κ3) is 4.38. The third-order valence-electron chi connectivity index (χ3n) is 9.00. The van der Waals surface area contributed by atoms with Gasteiger partial charge in [0.25, 0.3) is 0 Å². The van der Waals surface area contributed by atoms with Crippen LogP contribution < -0.4 is 4.90 Å². The van der Waals surface area contributed by atoms with Crippen molar-refractivity contribution in [2.75, 3.05) is 11.4 Å². The van der Waals surface area contributed by atoms with E-state index in [1.54, 1.807) is 0 Å². The molecule has 0 spiro atoms. The molecule has 1 aliphatic heterocycles. The lowest BCUT2D eigenvalue weighted by molar-refractivity contribution is -0.122. The van der Waals surface area contributed by atoms with Crippen molar-refractivity contribution in [2.24, 2.45) is 0 Å². The third-order valence-corrected chi connectivity index (χ3v) is 9.00. The van der Waals surface area contributed by atoms with Crippen LogP contribution in [0.25, 0.3) is 33.4 Å². The first-order valence-corrected chi connectivity index (χ1v) is 14.6. The summed E-state index contributed by atoms with van der Waals surface area (Å²) in [7, 11) is 0. The number of anilines is 1. The second-order valence-corrected chi connectivity index (χ2v) is 14.3. The number of hydrogen-bond donors (Lipinski definition) is 0. The van der Waals surface area contributed by atoms with Crippen molar-refractivity contribution >= 4 is 11.6 Å². The molecule has 0 bridgehead atoms. The van der Waals surface area contributed by atoms with Crippen LogP contribution in [-0.2, 0) is 21.0 Å². The van der Waals surface area contributed by atoms with Crippen LogP contribution in [0.4, 0.5) is 5.69 Å². The van der Waals surface area contributed by atoms with E-state index in [9.17, 15) is 4.79 Å². The molecule has 1 aliphatic carbocycles. The minimum Gasteiger partial charge on any atom is -0.312 e. The van der Waals surface area contributed by atoms with Gasteiger partial charge in [0.15, 0.2) is 0 Å². The van der Waals surface area contributed by atoms with Crippen LogP contribution in [0.1, 0.15) is 84.1 Å². The predicted octanol–water partition coefficient (Wildman–Crippen LogP) is 9.66. The summed E-state index contributed by atoms with van der Waals surface area (Å²) in [6.07, 6.45) is 0.624. The maximum absolute atomic E-state index is 12.6. The number of nitrogens with zero attached hydrogens (tertiary/aromatic N) is 1. The van der Waals surface area contributed by atoms with Gasteiger partial charge in [0.1, 0.15) is 0 Å². The average molecular weight is 528 g/mol. The van der Waals surface area contributed by atoms with Crippen LogP contribution in [-0.4, -0.2) is 12.5 Å². The van der Waals surface area contributed by atoms with E-state index in [2.05, 4.69) is 134 Å². The van der Waals surface area contributed by atoms with Crippen LogP contribution in [0.2, 0.25) is 0 Å². The Hall–Kier alpha value is -3.65. The van der Waals surface area contributed by atoms with Crippen LogP contribution >= 0.6 is 0 Å². The molecule has 40 heavy (non-hydrogen) atoms. The van der Waals surface area contributed by atoms with Crippen LogP contribution in [0.5, 0.6) is 0 Å². The largest absolute Gasteiger partial charge is 0.312 e. The minimum absolute atomic E-state index is 0.0322. The number of fused-ring (bicyclic) bond motifs is 3. The summed E-state index contributed by atoms with van der Waals surface area (Å²) >= 11 is 0. The Morgan fingerprint density at radius 3 is 1.77 bits per heavy atom. The molecule has 204 valence electrons. The Balaban J connectivity index is 1.54. The fraction of sp³-hybridized carbons (Fsp3) is 0.342. The molecule has 2 nitrogen and oxygen atoms in total. The smallest absolute Gasteiger partial charge is 0.228 e. The first kappa shape index (κ1) is 26.6. The quantitative estimate of drug-likeness (QED) is 0.243. The van der Waals surface area contributed by atoms with Gasteiger partial charge >= 0.3 is 0 Å². The summed E-state index contributed by atoms with van der Waals surface area (Å²) in [4.78, 5) is 14.5. The van der Waals surface area contributed by atoms with E-state index in [0.717, 1.165) is 23.4 Å². The second kappa shape index (κ2) is 8.93. The summed E-state index contributed by atoms with van der Waals surface area (Å²) in [5, 5.41) is 0. The predicted molar refractivity (Wildman–Crippen MR) is 169 cm³/mol. The number of rotatable bonds is 3. The molecule has 1 fully saturated rings. The Bertz CT molecular complexity index is 1630. The SMILES string of the molecule is CC(C)(C)c1cc(-c2cc(-c3ccc4c(c3)C(C)(C)c3ccccc3-4)cc(N3CCC3=O)c2)cc(C(C)(C)C)c1. The number of β-lactam (4-membered cyclic amide) rings is 1. The highest BCUT2D eigenvalue weighted by Gasteiger charge is 2.35. The maximum Gasteiger partial charge on any atom is 0.228 e. The Labute approximate surface area is 240 Å². The molecule has 0 unspecified atom stereocenters. The van der Waals surface area contributed by atoms with E-state index < -0.39 is 0 Å². The van der Waals surface area contributed by atoms with Crippen molar-refractivity contribution in [1.29, 1.82) is 0 Å². The second-order valence-electron chi connectivity index (χ2n) is 14.3. The molecule has 6 rings (SSSR count). The highest BCUT2D eigenvalue weighted by atomic mass is 16.2. The van der Waals surface area contributed by atoms with Gasteiger partial charge in [0, 0.05) is 24.1 Å². The molecular weight excluding hydrogens is 486 g/mol. The number of benzene rings is 4. The van der Waals surface area contributed by atoms with Crippen molar-refractivity contribution in [3.8, 4) is 33.4 Å². The molecule has 1 amide bonds. The number of hydrogen-bond acceptors (Lipinski definition) is 1. The highest BCUT2D eigenvalue weighted by Crippen LogP contribution is 2.50. The molecule has 1 heterocycles. The standard InChI is InChI=1S/C38H41NO/c1-36(2,3)28-18-27(19-29(23-28)37(4,5)6)26-17-25(20-30(21-26)39-16-15-35(39)40)24-13-14-32-31-11-9-10-12-33(31)38(7,8)34(32)22-24/h9-14,17-23H,15-16H2,1-8H3. The fourth-order valence-corrected chi connectivity index (χ4v) is 6.23. The Kier molecular flexibility index (Phi) is 5.93. The average Bonchev–Trinajstić information content (AvgIpc) is 3.12. The van der Waals surface area contributed by atoms with E-state index in [0.29, 0.717) is 6.42 Å². The number of carbonyl (C=O) groups is 1. The topological polar surface area (TPSA) is 20.3 Å². The van der Waals surface area contributed by atoms with Crippen LogP contribution in [0.15, 0.2) is 78.9 Å². The van der Waals surface area contributed by atoms with Crippen molar-refractivity contribution in [3.05, 3.63) is 101 Å². The molecule has 2 heteroatoms. The van der Waals surface area contributed by atoms with Gasteiger partial charge in [-0.05, 0) is 90.7 Å². The minimum atomic E-state index is -0.0571. The summed E-state index contributed by atoms with van der Waals surface area (Å²) in [6.45, 7) is 19.1. The van der Waals surface area contributed by atoms with Gasteiger partial charge < -0.3 is 4.90 Å². The maximum atomic E-state index is 12.6. The lowest BCUT2D eigenvalue weighted by atomic mass is 9.78.